The average Bonchev–Trinajstić information content (AvgIpc) is 2.43. The van der Waals surface area contributed by atoms with Crippen LogP contribution < -0.4 is 5.32 Å². The predicted molar refractivity (Wildman–Crippen MR) is 68.1 cm³/mol. The zero-order valence-corrected chi connectivity index (χ0v) is 11.3. The zero-order chi connectivity index (χ0) is 15.2. The Balaban J connectivity index is 2.45. The van der Waals surface area contributed by atoms with Crippen LogP contribution in [0.4, 0.5) is 8.78 Å². The number of halogens is 2. The monoisotopic (exact) mass is 307 g/mol. The Morgan fingerprint density at radius 2 is 1.85 bits per heavy atom. The molecule has 1 unspecified atom stereocenters. The van der Waals surface area contributed by atoms with Crippen LogP contribution in [0.25, 0.3) is 0 Å². The van der Waals surface area contributed by atoms with E-state index >= 15 is 0 Å². The van der Waals surface area contributed by atoms with Crippen LogP contribution in [0.2, 0.25) is 0 Å². The van der Waals surface area contributed by atoms with Crippen LogP contribution in [0, 0.1) is 0 Å². The SMILES string of the molecule is O=C(CCS(=O)(=O)c1ccccc1)NCC(O)C(F)F. The van der Waals surface area contributed by atoms with Crippen LogP contribution in [0.1, 0.15) is 6.42 Å². The number of hydrogen-bond donors (Lipinski definition) is 2. The van der Waals surface area contributed by atoms with Crippen LogP contribution in [0.3, 0.4) is 0 Å². The first-order chi connectivity index (χ1) is 9.33. The van der Waals surface area contributed by atoms with E-state index in [1.165, 1.54) is 12.1 Å². The van der Waals surface area contributed by atoms with Crippen LogP contribution in [-0.2, 0) is 14.6 Å². The van der Waals surface area contributed by atoms with Gasteiger partial charge < -0.3 is 10.4 Å². The van der Waals surface area contributed by atoms with Crippen molar-refractivity contribution in [1.82, 2.24) is 5.32 Å². The fraction of sp³-hybridized carbons (Fsp3) is 0.417. The predicted octanol–water partition coefficient (Wildman–Crippen LogP) is 0.593. The Kier molecular flexibility index (Phi) is 6.03. The van der Waals surface area contributed by atoms with Crippen LogP contribution in [0.15, 0.2) is 35.2 Å². The number of aliphatic hydroxyl groups is 1. The Bertz CT molecular complexity index is 534. The number of amides is 1. The first kappa shape index (κ1) is 16.5. The van der Waals surface area contributed by atoms with Gasteiger partial charge in [-0.1, -0.05) is 18.2 Å². The molecule has 0 aliphatic heterocycles. The number of rotatable bonds is 7. The number of hydrogen-bond acceptors (Lipinski definition) is 4. The molecule has 0 spiro atoms. The molecule has 20 heavy (non-hydrogen) atoms. The van der Waals surface area contributed by atoms with Gasteiger partial charge in [0.25, 0.3) is 6.43 Å². The Morgan fingerprint density at radius 1 is 1.25 bits per heavy atom. The van der Waals surface area contributed by atoms with E-state index in [-0.39, 0.29) is 11.3 Å². The summed E-state index contributed by atoms with van der Waals surface area (Å²) < 4.78 is 47.6. The summed E-state index contributed by atoms with van der Waals surface area (Å²) in [5.74, 6) is -1.13. The molecule has 0 bridgehead atoms. The second-order valence-electron chi connectivity index (χ2n) is 4.09. The molecule has 0 radical (unpaired) electrons. The van der Waals surface area contributed by atoms with Gasteiger partial charge in [-0.15, -0.1) is 0 Å². The highest BCUT2D eigenvalue weighted by molar-refractivity contribution is 7.91. The van der Waals surface area contributed by atoms with E-state index in [0.29, 0.717) is 0 Å². The number of sulfone groups is 1. The number of alkyl halides is 2. The summed E-state index contributed by atoms with van der Waals surface area (Å²) in [7, 11) is -3.58. The third-order valence-electron chi connectivity index (χ3n) is 2.50. The first-order valence-electron chi connectivity index (χ1n) is 5.83. The van der Waals surface area contributed by atoms with E-state index in [1.807, 2.05) is 0 Å². The molecule has 0 aromatic heterocycles. The van der Waals surface area contributed by atoms with Crippen molar-refractivity contribution >= 4 is 15.7 Å². The van der Waals surface area contributed by atoms with Crippen molar-refractivity contribution in [3.8, 4) is 0 Å². The number of benzene rings is 1. The molecule has 0 saturated heterocycles. The molecule has 1 aromatic rings. The molecule has 0 aliphatic rings. The van der Waals surface area contributed by atoms with Crippen LogP contribution in [-0.4, -0.2) is 44.3 Å². The second kappa shape index (κ2) is 7.30. The van der Waals surface area contributed by atoms with Crippen molar-refractivity contribution in [3.05, 3.63) is 30.3 Å². The number of aliphatic hydroxyl groups excluding tert-OH is 1. The second-order valence-corrected chi connectivity index (χ2v) is 6.20. The molecule has 5 nitrogen and oxygen atoms in total. The summed E-state index contributed by atoms with van der Waals surface area (Å²) >= 11 is 0. The van der Waals surface area contributed by atoms with Gasteiger partial charge in [-0.05, 0) is 12.1 Å². The third-order valence-corrected chi connectivity index (χ3v) is 4.23. The zero-order valence-electron chi connectivity index (χ0n) is 10.5. The molecule has 0 saturated carbocycles. The summed E-state index contributed by atoms with van der Waals surface area (Å²) in [5, 5.41) is 10.9. The topological polar surface area (TPSA) is 83.5 Å². The van der Waals surface area contributed by atoms with E-state index in [4.69, 9.17) is 5.11 Å². The van der Waals surface area contributed by atoms with Gasteiger partial charge in [0.05, 0.1) is 10.6 Å². The number of nitrogens with one attached hydrogen (secondary N) is 1. The van der Waals surface area contributed by atoms with Crippen molar-refractivity contribution in [2.45, 2.75) is 23.8 Å². The third kappa shape index (κ3) is 5.22. The van der Waals surface area contributed by atoms with Crippen molar-refractivity contribution in [3.63, 3.8) is 0 Å². The molecule has 0 fully saturated rings. The highest BCUT2D eigenvalue weighted by Gasteiger charge is 2.19. The molecule has 0 heterocycles. The lowest BCUT2D eigenvalue weighted by molar-refractivity contribution is -0.121. The Hall–Kier alpha value is -1.54. The van der Waals surface area contributed by atoms with E-state index in [9.17, 15) is 22.0 Å². The molecular weight excluding hydrogens is 292 g/mol. The van der Waals surface area contributed by atoms with Crippen LogP contribution in [0.5, 0.6) is 0 Å². The van der Waals surface area contributed by atoms with E-state index in [2.05, 4.69) is 5.32 Å². The van der Waals surface area contributed by atoms with Crippen molar-refractivity contribution in [1.29, 1.82) is 0 Å². The lowest BCUT2D eigenvalue weighted by atomic mass is 10.3. The highest BCUT2D eigenvalue weighted by atomic mass is 32.2. The Labute approximate surface area is 115 Å². The smallest absolute Gasteiger partial charge is 0.265 e. The minimum Gasteiger partial charge on any atom is -0.385 e. The summed E-state index contributed by atoms with van der Waals surface area (Å²) in [5.41, 5.74) is 0. The van der Waals surface area contributed by atoms with E-state index in [1.54, 1.807) is 18.2 Å². The lowest BCUT2D eigenvalue weighted by Crippen LogP contribution is -2.36. The van der Waals surface area contributed by atoms with Gasteiger partial charge in [-0.25, -0.2) is 17.2 Å². The quantitative estimate of drug-likeness (QED) is 0.772. The number of carbonyl (C=O) groups excluding carboxylic acids is 1. The minimum absolute atomic E-state index is 0.0976. The minimum atomic E-state index is -3.58. The van der Waals surface area contributed by atoms with Gasteiger partial charge in [-0.2, -0.15) is 0 Å². The molecule has 2 N–H and O–H groups in total. The largest absolute Gasteiger partial charge is 0.385 e. The van der Waals surface area contributed by atoms with E-state index < -0.39 is 40.6 Å². The van der Waals surface area contributed by atoms with Gasteiger partial charge in [0.2, 0.25) is 5.91 Å². The molecule has 1 atom stereocenters. The maximum atomic E-state index is 12.0. The van der Waals surface area contributed by atoms with E-state index in [0.717, 1.165) is 0 Å². The van der Waals surface area contributed by atoms with Crippen molar-refractivity contribution in [2.75, 3.05) is 12.3 Å². The van der Waals surface area contributed by atoms with Crippen molar-refractivity contribution in [2.24, 2.45) is 0 Å². The summed E-state index contributed by atoms with van der Waals surface area (Å²) in [4.78, 5) is 11.4. The van der Waals surface area contributed by atoms with Gasteiger partial charge in [0.15, 0.2) is 9.84 Å². The molecule has 1 amide bonds. The summed E-state index contributed by atoms with van der Waals surface area (Å²) in [6.45, 7) is -0.609. The fourth-order valence-corrected chi connectivity index (χ4v) is 2.63. The van der Waals surface area contributed by atoms with Gasteiger partial charge in [-0.3, -0.25) is 4.79 Å². The van der Waals surface area contributed by atoms with Gasteiger partial charge in [0, 0.05) is 13.0 Å². The van der Waals surface area contributed by atoms with Crippen molar-refractivity contribution < 1.29 is 27.1 Å². The standard InChI is InChI=1S/C12H15F2NO4S/c13-12(14)10(16)8-15-11(17)6-7-20(18,19)9-4-2-1-3-5-9/h1-5,10,12,16H,6-8H2,(H,15,17). The average molecular weight is 307 g/mol. The molecule has 1 aromatic carbocycles. The van der Waals surface area contributed by atoms with Gasteiger partial charge in [0.1, 0.15) is 6.10 Å². The molecule has 1 rings (SSSR count). The lowest BCUT2D eigenvalue weighted by Gasteiger charge is -2.10. The fourth-order valence-electron chi connectivity index (χ4n) is 1.37. The maximum absolute atomic E-state index is 12.0. The summed E-state index contributed by atoms with van der Waals surface area (Å²) in [6.07, 6.45) is -5.26. The molecular formula is C12H15F2NO4S. The van der Waals surface area contributed by atoms with Gasteiger partial charge >= 0.3 is 0 Å². The Morgan fingerprint density at radius 3 is 2.40 bits per heavy atom. The molecule has 112 valence electrons. The normalized spacial score (nSPS) is 13.2. The highest BCUT2D eigenvalue weighted by Crippen LogP contribution is 2.10. The molecule has 8 heteroatoms. The number of carbonyl (C=O) groups is 1. The van der Waals surface area contributed by atoms with Crippen LogP contribution >= 0.6 is 0 Å². The summed E-state index contributed by atoms with van der Waals surface area (Å²) in [6, 6.07) is 7.61. The molecule has 0 aliphatic carbocycles. The maximum Gasteiger partial charge on any atom is 0.265 e. The first-order valence-corrected chi connectivity index (χ1v) is 7.49.